The van der Waals surface area contributed by atoms with Gasteiger partial charge in [-0.25, -0.2) is 13.9 Å². The Bertz CT molecular complexity index is 1050. The van der Waals surface area contributed by atoms with Gasteiger partial charge in [-0.15, -0.1) is 23.2 Å². The molecule has 172 valence electrons. The third kappa shape index (κ3) is 7.87. The van der Waals surface area contributed by atoms with Gasteiger partial charge in [0.25, 0.3) is 15.9 Å². The Morgan fingerprint density at radius 3 is 2.12 bits per heavy atom. The molecule has 0 bridgehead atoms. The van der Waals surface area contributed by atoms with Crippen molar-refractivity contribution in [3.63, 3.8) is 0 Å². The van der Waals surface area contributed by atoms with Gasteiger partial charge < -0.3 is 4.90 Å². The summed E-state index contributed by atoms with van der Waals surface area (Å²) in [6, 6.07) is 13.4. The zero-order chi connectivity index (χ0) is 23.6. The highest BCUT2D eigenvalue weighted by Crippen LogP contribution is 2.21. The summed E-state index contributed by atoms with van der Waals surface area (Å²) in [7, 11) is -3.75. The standard InChI is InChI=1S/C22H25Cl2N3O4S/c1-17(2-11-22(28)25-29)16-18-3-5-19(6-4-18)26-32(30,31)21-9-7-20(8-10-21)27(14-12-23)15-13-24/h2-11,16,26,29H,12-15H2,1H3,(H,25,28)/b11-2+,17-16+. The van der Waals surface area contributed by atoms with Crippen LogP contribution in [-0.2, 0) is 14.8 Å². The number of nitrogens with zero attached hydrogens (tertiary/aromatic N) is 1. The lowest BCUT2D eigenvalue weighted by atomic mass is 10.1. The molecule has 3 N–H and O–H groups in total. The van der Waals surface area contributed by atoms with Gasteiger partial charge >= 0.3 is 0 Å². The molecule has 0 heterocycles. The maximum Gasteiger partial charge on any atom is 0.267 e. The number of carbonyl (C=O) groups excluding carboxylic acids is 1. The van der Waals surface area contributed by atoms with Crippen molar-refractivity contribution in [2.45, 2.75) is 11.8 Å². The van der Waals surface area contributed by atoms with E-state index in [9.17, 15) is 13.2 Å². The smallest absolute Gasteiger partial charge is 0.267 e. The average molecular weight is 498 g/mol. The van der Waals surface area contributed by atoms with E-state index in [1.54, 1.807) is 61.5 Å². The van der Waals surface area contributed by atoms with Gasteiger partial charge in [-0.2, -0.15) is 0 Å². The first-order valence-electron chi connectivity index (χ1n) is 9.69. The first-order valence-corrected chi connectivity index (χ1v) is 12.2. The molecule has 2 aromatic carbocycles. The Labute approximate surface area is 198 Å². The fourth-order valence-corrected chi connectivity index (χ4v) is 4.29. The lowest BCUT2D eigenvalue weighted by Crippen LogP contribution is -2.27. The molecule has 32 heavy (non-hydrogen) atoms. The van der Waals surface area contributed by atoms with E-state index in [0.29, 0.717) is 30.5 Å². The molecule has 0 aromatic heterocycles. The summed E-state index contributed by atoms with van der Waals surface area (Å²) in [6.07, 6.45) is 4.56. The predicted octanol–water partition coefficient (Wildman–Crippen LogP) is 4.24. The molecule has 0 unspecified atom stereocenters. The van der Waals surface area contributed by atoms with E-state index in [1.165, 1.54) is 11.6 Å². The minimum absolute atomic E-state index is 0.144. The monoisotopic (exact) mass is 497 g/mol. The van der Waals surface area contributed by atoms with Crippen LogP contribution in [0.15, 0.2) is 71.2 Å². The molecule has 0 fully saturated rings. The summed E-state index contributed by atoms with van der Waals surface area (Å²) in [5.74, 6) is 0.260. The molecule has 0 atom stereocenters. The zero-order valence-corrected chi connectivity index (χ0v) is 19.8. The van der Waals surface area contributed by atoms with Crippen LogP contribution in [0, 0.1) is 0 Å². The van der Waals surface area contributed by atoms with Crippen LogP contribution in [0.2, 0.25) is 0 Å². The Morgan fingerprint density at radius 2 is 1.59 bits per heavy atom. The van der Waals surface area contributed by atoms with E-state index in [-0.39, 0.29) is 4.90 Å². The van der Waals surface area contributed by atoms with Crippen molar-refractivity contribution in [1.82, 2.24) is 5.48 Å². The third-order valence-corrected chi connectivity index (χ3v) is 6.12. The van der Waals surface area contributed by atoms with Crippen molar-refractivity contribution in [2.24, 2.45) is 0 Å². The molecule has 10 heteroatoms. The molecule has 0 radical (unpaired) electrons. The van der Waals surface area contributed by atoms with Crippen LogP contribution in [0.3, 0.4) is 0 Å². The van der Waals surface area contributed by atoms with Gasteiger partial charge in [-0.05, 0) is 48.9 Å². The number of halogens is 2. The van der Waals surface area contributed by atoms with Crippen LogP contribution in [0.4, 0.5) is 11.4 Å². The topological polar surface area (TPSA) is 98.7 Å². The molecule has 0 saturated carbocycles. The molecule has 7 nitrogen and oxygen atoms in total. The van der Waals surface area contributed by atoms with E-state index in [2.05, 4.69) is 4.72 Å². The number of anilines is 2. The first kappa shape index (κ1) is 25.7. The van der Waals surface area contributed by atoms with Gasteiger partial charge in [0.05, 0.1) is 4.90 Å². The van der Waals surface area contributed by atoms with Gasteiger partial charge in [0.15, 0.2) is 0 Å². The molecule has 1 amide bonds. The molecule has 0 aliphatic rings. The second-order valence-electron chi connectivity index (χ2n) is 6.78. The SMILES string of the molecule is CC(/C=C/C(=O)NO)=C\c1ccc(NS(=O)(=O)c2ccc(N(CCCl)CCCl)cc2)cc1. The highest BCUT2D eigenvalue weighted by Gasteiger charge is 2.15. The summed E-state index contributed by atoms with van der Waals surface area (Å²) < 4.78 is 28.0. The Morgan fingerprint density at radius 1 is 1.00 bits per heavy atom. The third-order valence-electron chi connectivity index (χ3n) is 4.39. The molecular formula is C22H25Cl2N3O4S. The van der Waals surface area contributed by atoms with Crippen LogP contribution in [-0.4, -0.2) is 44.4 Å². The Kier molecular flexibility index (Phi) is 10.1. The lowest BCUT2D eigenvalue weighted by molar-refractivity contribution is -0.124. The van der Waals surface area contributed by atoms with Crippen molar-refractivity contribution in [3.8, 4) is 0 Å². The molecule has 2 rings (SSSR count). The van der Waals surface area contributed by atoms with Gasteiger partial charge in [-0.3, -0.25) is 14.7 Å². The summed E-state index contributed by atoms with van der Waals surface area (Å²) >= 11 is 11.7. The molecule has 0 saturated heterocycles. The normalized spacial score (nSPS) is 12.1. The number of alkyl halides is 2. The molecule has 0 aliphatic heterocycles. The van der Waals surface area contributed by atoms with Gasteiger partial charge in [0.2, 0.25) is 0 Å². The second kappa shape index (κ2) is 12.5. The van der Waals surface area contributed by atoms with Crippen molar-refractivity contribution in [1.29, 1.82) is 0 Å². The summed E-state index contributed by atoms with van der Waals surface area (Å²) in [6.45, 7) is 3.02. The first-order chi connectivity index (χ1) is 15.3. The van der Waals surface area contributed by atoms with Crippen molar-refractivity contribution < 1.29 is 18.4 Å². The average Bonchev–Trinajstić information content (AvgIpc) is 2.78. The fraction of sp³-hybridized carbons (Fsp3) is 0.227. The van der Waals surface area contributed by atoms with Crippen molar-refractivity contribution >= 4 is 56.6 Å². The number of hydroxylamine groups is 1. The number of hydrogen-bond acceptors (Lipinski definition) is 5. The van der Waals surface area contributed by atoms with Crippen LogP contribution < -0.4 is 15.1 Å². The van der Waals surface area contributed by atoms with E-state index < -0.39 is 15.9 Å². The Balaban J connectivity index is 2.10. The number of amides is 1. The summed E-state index contributed by atoms with van der Waals surface area (Å²) in [5.41, 5.74) is 4.39. The molecular weight excluding hydrogens is 473 g/mol. The molecule has 0 aliphatic carbocycles. The van der Waals surface area contributed by atoms with Crippen LogP contribution in [0.5, 0.6) is 0 Å². The van der Waals surface area contributed by atoms with Crippen LogP contribution >= 0.6 is 23.2 Å². The number of carbonyl (C=O) groups is 1. The fourth-order valence-electron chi connectivity index (χ4n) is 2.83. The van der Waals surface area contributed by atoms with Gasteiger partial charge in [0, 0.05) is 42.3 Å². The summed E-state index contributed by atoms with van der Waals surface area (Å²) in [5, 5.41) is 8.49. The maximum atomic E-state index is 12.7. The summed E-state index contributed by atoms with van der Waals surface area (Å²) in [4.78, 5) is 13.2. The van der Waals surface area contributed by atoms with Crippen LogP contribution in [0.1, 0.15) is 12.5 Å². The maximum absolute atomic E-state index is 12.7. The highest BCUT2D eigenvalue weighted by molar-refractivity contribution is 7.92. The molecule has 2 aromatic rings. The van der Waals surface area contributed by atoms with Gasteiger partial charge in [0.1, 0.15) is 0 Å². The second-order valence-corrected chi connectivity index (χ2v) is 9.22. The Hall–Kier alpha value is -2.52. The number of nitrogens with one attached hydrogen (secondary N) is 2. The quantitative estimate of drug-likeness (QED) is 0.142. The predicted molar refractivity (Wildman–Crippen MR) is 130 cm³/mol. The number of hydrogen-bond donors (Lipinski definition) is 3. The number of sulfonamides is 1. The van der Waals surface area contributed by atoms with E-state index in [4.69, 9.17) is 28.4 Å². The highest BCUT2D eigenvalue weighted by atomic mass is 35.5. The minimum atomic E-state index is -3.75. The molecule has 0 spiro atoms. The number of rotatable bonds is 11. The van der Waals surface area contributed by atoms with E-state index >= 15 is 0 Å². The van der Waals surface area contributed by atoms with Crippen molar-refractivity contribution in [2.75, 3.05) is 34.5 Å². The lowest BCUT2D eigenvalue weighted by Gasteiger charge is -2.23. The minimum Gasteiger partial charge on any atom is -0.369 e. The largest absolute Gasteiger partial charge is 0.369 e. The zero-order valence-electron chi connectivity index (χ0n) is 17.5. The number of allylic oxidation sites excluding steroid dienone is 2. The van der Waals surface area contributed by atoms with E-state index in [1.807, 2.05) is 11.0 Å². The van der Waals surface area contributed by atoms with Crippen molar-refractivity contribution in [3.05, 3.63) is 71.8 Å². The van der Waals surface area contributed by atoms with Crippen LogP contribution in [0.25, 0.3) is 6.08 Å². The van der Waals surface area contributed by atoms with E-state index in [0.717, 1.165) is 16.8 Å². The van der Waals surface area contributed by atoms with Gasteiger partial charge in [-0.1, -0.05) is 29.9 Å². The number of benzene rings is 2.